The molecule has 0 saturated heterocycles. The molecule has 4 nitrogen and oxygen atoms in total. The van der Waals surface area contributed by atoms with E-state index in [0.29, 0.717) is 0 Å². The monoisotopic (exact) mass is 820 g/mol. The van der Waals surface area contributed by atoms with Crippen LogP contribution in [-0.2, 0) is 5.41 Å². The number of hydrogen-bond donors (Lipinski definition) is 0. The van der Waals surface area contributed by atoms with E-state index in [9.17, 15) is 0 Å². The van der Waals surface area contributed by atoms with Gasteiger partial charge in [0.1, 0.15) is 22.3 Å². The van der Waals surface area contributed by atoms with Crippen LogP contribution < -0.4 is 0 Å². The topological polar surface area (TPSA) is 36.1 Å². The van der Waals surface area contributed by atoms with Gasteiger partial charge in [0.05, 0.1) is 22.1 Å². The summed E-state index contributed by atoms with van der Waals surface area (Å²) in [4.78, 5) is 0. The smallest absolute Gasteiger partial charge is 0.137 e. The van der Waals surface area contributed by atoms with Gasteiger partial charge in [-0.05, 0) is 119 Å². The number of furan rings is 2. The summed E-state index contributed by atoms with van der Waals surface area (Å²) in [6.07, 6.45) is 6.10. The van der Waals surface area contributed by atoms with Crippen molar-refractivity contribution in [1.82, 2.24) is 9.13 Å². The van der Waals surface area contributed by atoms with E-state index in [4.69, 9.17) is 8.83 Å². The average Bonchev–Trinajstić information content (AvgIpc) is 4.14. The van der Waals surface area contributed by atoms with Crippen LogP contribution in [0.3, 0.4) is 0 Å². The highest BCUT2D eigenvalue weighted by molar-refractivity contribution is 6.14. The molecule has 0 atom stereocenters. The number of nitrogens with zero attached hydrogens (tertiary/aromatic N) is 2. The van der Waals surface area contributed by atoms with Gasteiger partial charge in [0.25, 0.3) is 0 Å². The van der Waals surface area contributed by atoms with Crippen molar-refractivity contribution in [3.63, 3.8) is 0 Å². The molecule has 4 aromatic heterocycles. The molecule has 13 aromatic rings. The van der Waals surface area contributed by atoms with E-state index in [-0.39, 0.29) is 5.41 Å². The molecule has 9 aromatic carbocycles. The Morgan fingerprint density at radius 3 is 1.47 bits per heavy atom. The first-order valence-corrected chi connectivity index (χ1v) is 22.8. The largest absolute Gasteiger partial charge is 0.456 e. The Kier molecular flexibility index (Phi) is 6.86. The lowest BCUT2D eigenvalue weighted by Crippen LogP contribution is -2.28. The van der Waals surface area contributed by atoms with Crippen molar-refractivity contribution in [2.75, 3.05) is 0 Å². The SMILES string of the molecule is c1ccc2c(c1)oc1cc(-n3c4ccccc4c4ccc(-c5ccc6c(c5)C5(CCCCC5)c5cc7c8ccccc8n(-c8ccc9c(c8)oc8ccccc89)c7cc5-6)cc43)ccc12. The molecule has 302 valence electrons. The fraction of sp³-hybridized carbons (Fsp3) is 0.100. The van der Waals surface area contributed by atoms with Gasteiger partial charge < -0.3 is 18.0 Å². The van der Waals surface area contributed by atoms with Gasteiger partial charge >= 0.3 is 0 Å². The number of hydrogen-bond acceptors (Lipinski definition) is 2. The van der Waals surface area contributed by atoms with Crippen LogP contribution in [0, 0.1) is 0 Å². The normalized spacial score (nSPS) is 14.7. The molecule has 1 saturated carbocycles. The van der Waals surface area contributed by atoms with Crippen molar-refractivity contribution >= 4 is 87.5 Å². The Labute approximate surface area is 368 Å². The molecule has 1 spiro atoms. The molecular weight excluding hydrogens is 781 g/mol. The van der Waals surface area contributed by atoms with Crippen LogP contribution in [-0.4, -0.2) is 9.13 Å². The Hall–Kier alpha value is -7.82. The second kappa shape index (κ2) is 12.6. The van der Waals surface area contributed by atoms with E-state index < -0.39 is 0 Å². The van der Waals surface area contributed by atoms with Gasteiger partial charge in [-0.15, -0.1) is 0 Å². The van der Waals surface area contributed by atoms with Crippen LogP contribution in [0.1, 0.15) is 43.2 Å². The number of benzene rings is 9. The maximum atomic E-state index is 6.43. The van der Waals surface area contributed by atoms with E-state index in [0.717, 1.165) is 55.3 Å². The molecule has 64 heavy (non-hydrogen) atoms. The summed E-state index contributed by atoms with van der Waals surface area (Å²) in [5.74, 6) is 0. The van der Waals surface area contributed by atoms with Crippen molar-refractivity contribution in [2.45, 2.75) is 37.5 Å². The maximum absolute atomic E-state index is 6.43. The fourth-order valence-corrected chi connectivity index (χ4v) is 12.2. The standard InChI is InChI=1S/C60H40N2O2/c1-10-28-60(29-11-1)50-30-36(37-21-25-43-41-12-2-6-16-52(41)61(54(43)31-37)38-22-26-46-44-14-4-8-18-56(44)63-58(46)32-38)20-24-40(50)48-35-55-49(34-51(48)60)42-13-3-7-17-53(42)62(55)39-23-27-47-45-15-5-9-19-57(45)64-59(47)33-39/h2-9,12-27,30-35H,1,10-11,28-29H2. The summed E-state index contributed by atoms with van der Waals surface area (Å²) in [6, 6.07) is 67.3. The minimum atomic E-state index is -0.0233. The summed E-state index contributed by atoms with van der Waals surface area (Å²) >= 11 is 0. The third-order valence-electron chi connectivity index (χ3n) is 15.1. The van der Waals surface area contributed by atoms with Crippen molar-refractivity contribution in [1.29, 1.82) is 0 Å². The first-order chi connectivity index (χ1) is 31.7. The lowest BCUT2D eigenvalue weighted by molar-refractivity contribution is 0.353. The van der Waals surface area contributed by atoms with Crippen LogP contribution in [0.15, 0.2) is 191 Å². The predicted molar refractivity (Wildman–Crippen MR) is 264 cm³/mol. The quantitative estimate of drug-likeness (QED) is 0.178. The van der Waals surface area contributed by atoms with Gasteiger partial charge in [-0.1, -0.05) is 116 Å². The van der Waals surface area contributed by atoms with Gasteiger partial charge in [0.2, 0.25) is 0 Å². The van der Waals surface area contributed by atoms with Gasteiger partial charge in [-0.3, -0.25) is 0 Å². The highest BCUT2D eigenvalue weighted by atomic mass is 16.3. The Morgan fingerprint density at radius 1 is 0.328 bits per heavy atom. The van der Waals surface area contributed by atoms with Crippen LogP contribution in [0.2, 0.25) is 0 Å². The summed E-state index contributed by atoms with van der Waals surface area (Å²) < 4.78 is 17.7. The molecule has 2 aliphatic carbocycles. The van der Waals surface area contributed by atoms with E-state index in [1.54, 1.807) is 0 Å². The Bertz CT molecular complexity index is 4130. The fourth-order valence-electron chi connectivity index (χ4n) is 12.2. The molecule has 0 N–H and O–H groups in total. The average molecular weight is 821 g/mol. The second-order valence-corrected chi connectivity index (χ2v) is 18.3. The minimum absolute atomic E-state index is 0.0233. The molecule has 0 radical (unpaired) electrons. The summed E-state index contributed by atoms with van der Waals surface area (Å²) in [7, 11) is 0. The zero-order valence-electron chi connectivity index (χ0n) is 35.1. The van der Waals surface area contributed by atoms with Gasteiger partial charge in [-0.2, -0.15) is 0 Å². The molecule has 0 unspecified atom stereocenters. The van der Waals surface area contributed by atoms with Crippen molar-refractivity contribution in [3.8, 4) is 33.6 Å². The molecular formula is C60H40N2O2. The van der Waals surface area contributed by atoms with E-state index in [2.05, 4.69) is 179 Å². The van der Waals surface area contributed by atoms with Crippen LogP contribution in [0.25, 0.3) is 121 Å². The van der Waals surface area contributed by atoms with Gasteiger partial charge in [0, 0.05) is 72.0 Å². The Morgan fingerprint density at radius 2 is 0.812 bits per heavy atom. The third kappa shape index (κ3) is 4.62. The van der Waals surface area contributed by atoms with E-state index in [1.165, 1.54) is 109 Å². The summed E-state index contributed by atoms with van der Waals surface area (Å²) in [5, 5.41) is 9.70. The zero-order valence-corrected chi connectivity index (χ0v) is 35.1. The summed E-state index contributed by atoms with van der Waals surface area (Å²) in [6.45, 7) is 0. The highest BCUT2D eigenvalue weighted by Gasteiger charge is 2.44. The molecule has 15 rings (SSSR count). The van der Waals surface area contributed by atoms with Crippen LogP contribution in [0.5, 0.6) is 0 Å². The second-order valence-electron chi connectivity index (χ2n) is 18.3. The van der Waals surface area contributed by atoms with Crippen molar-refractivity contribution in [3.05, 3.63) is 193 Å². The van der Waals surface area contributed by atoms with Crippen LogP contribution >= 0.6 is 0 Å². The van der Waals surface area contributed by atoms with Gasteiger partial charge in [0.15, 0.2) is 0 Å². The van der Waals surface area contributed by atoms with E-state index in [1.807, 2.05) is 12.1 Å². The molecule has 2 aliphatic rings. The number of para-hydroxylation sites is 4. The molecule has 1 fully saturated rings. The van der Waals surface area contributed by atoms with Crippen LogP contribution in [0.4, 0.5) is 0 Å². The molecule has 0 amide bonds. The molecule has 0 aliphatic heterocycles. The predicted octanol–water partition coefficient (Wildman–Crippen LogP) is 16.6. The first-order valence-electron chi connectivity index (χ1n) is 22.8. The Balaban J connectivity index is 0.913. The van der Waals surface area contributed by atoms with Gasteiger partial charge in [-0.25, -0.2) is 0 Å². The number of aromatic nitrogens is 2. The lowest BCUT2D eigenvalue weighted by atomic mass is 9.67. The lowest BCUT2D eigenvalue weighted by Gasteiger charge is -2.36. The van der Waals surface area contributed by atoms with Crippen molar-refractivity contribution < 1.29 is 8.83 Å². The maximum Gasteiger partial charge on any atom is 0.137 e. The molecule has 4 heteroatoms. The molecule has 0 bridgehead atoms. The zero-order chi connectivity index (χ0) is 41.7. The first kappa shape index (κ1) is 34.7. The minimum Gasteiger partial charge on any atom is -0.456 e. The van der Waals surface area contributed by atoms with Crippen molar-refractivity contribution in [2.24, 2.45) is 0 Å². The van der Waals surface area contributed by atoms with E-state index >= 15 is 0 Å². The number of rotatable bonds is 3. The third-order valence-corrected chi connectivity index (χ3v) is 15.1. The number of fused-ring (bicyclic) bond motifs is 17. The molecule has 4 heterocycles. The highest BCUT2D eigenvalue weighted by Crippen LogP contribution is 2.58. The summed E-state index contributed by atoms with van der Waals surface area (Å²) in [5.41, 5.74) is 18.9.